The van der Waals surface area contributed by atoms with Crippen LogP contribution >= 0.6 is 11.3 Å². The van der Waals surface area contributed by atoms with E-state index in [1.165, 1.54) is 23.8 Å². The van der Waals surface area contributed by atoms with Gasteiger partial charge < -0.3 is 10.1 Å². The van der Waals surface area contributed by atoms with Crippen molar-refractivity contribution in [3.63, 3.8) is 0 Å². The molecule has 0 aliphatic rings. The van der Waals surface area contributed by atoms with E-state index in [0.717, 1.165) is 18.2 Å². The Morgan fingerprint density at radius 2 is 2.26 bits per heavy atom. The van der Waals surface area contributed by atoms with E-state index in [9.17, 15) is 13.6 Å². The summed E-state index contributed by atoms with van der Waals surface area (Å²) >= 11 is 1.18. The van der Waals surface area contributed by atoms with Gasteiger partial charge in [-0.2, -0.15) is 0 Å². The Labute approximate surface area is 112 Å². The SMILES string of the molecule is COC(=O)c1csc(NCc2cc(F)ccc2F)n1. The van der Waals surface area contributed by atoms with Crippen LogP contribution in [-0.2, 0) is 11.3 Å². The van der Waals surface area contributed by atoms with Crippen LogP contribution in [0.3, 0.4) is 0 Å². The minimum atomic E-state index is -0.541. The molecule has 0 atom stereocenters. The number of hydrogen-bond donors (Lipinski definition) is 1. The Morgan fingerprint density at radius 3 is 3.00 bits per heavy atom. The Bertz CT molecular complexity index is 601. The Kier molecular flexibility index (Phi) is 4.06. The smallest absolute Gasteiger partial charge is 0.357 e. The standard InChI is InChI=1S/C12H10F2N2O2S/c1-18-11(17)10-6-19-12(16-10)15-5-7-4-8(13)2-3-9(7)14/h2-4,6H,5H2,1H3,(H,15,16). The molecule has 4 nitrogen and oxygen atoms in total. The van der Waals surface area contributed by atoms with E-state index >= 15 is 0 Å². The van der Waals surface area contributed by atoms with Gasteiger partial charge in [0.05, 0.1) is 7.11 Å². The number of halogens is 2. The Balaban J connectivity index is 2.04. The number of benzene rings is 1. The van der Waals surface area contributed by atoms with E-state index in [-0.39, 0.29) is 17.8 Å². The summed E-state index contributed by atoms with van der Waals surface area (Å²) in [6.45, 7) is 0.0811. The maximum absolute atomic E-state index is 13.4. The zero-order chi connectivity index (χ0) is 13.8. The maximum Gasteiger partial charge on any atom is 0.357 e. The van der Waals surface area contributed by atoms with Crippen molar-refractivity contribution in [1.82, 2.24) is 4.98 Å². The van der Waals surface area contributed by atoms with E-state index in [2.05, 4.69) is 15.0 Å². The summed E-state index contributed by atoms with van der Waals surface area (Å²) in [5.41, 5.74) is 0.365. The lowest BCUT2D eigenvalue weighted by molar-refractivity contribution is 0.0595. The van der Waals surface area contributed by atoms with E-state index in [1.807, 2.05) is 0 Å². The second-order valence-corrected chi connectivity index (χ2v) is 4.48. The average Bonchev–Trinajstić information content (AvgIpc) is 2.88. The van der Waals surface area contributed by atoms with Crippen molar-refractivity contribution in [2.24, 2.45) is 0 Å². The number of hydrogen-bond acceptors (Lipinski definition) is 5. The van der Waals surface area contributed by atoms with Crippen LogP contribution in [0.5, 0.6) is 0 Å². The molecule has 1 N–H and O–H groups in total. The third kappa shape index (κ3) is 3.25. The third-order valence-electron chi connectivity index (χ3n) is 2.34. The second kappa shape index (κ2) is 5.75. The molecule has 2 aromatic rings. The van der Waals surface area contributed by atoms with Crippen LogP contribution in [0.1, 0.15) is 16.1 Å². The Hall–Kier alpha value is -2.02. The van der Waals surface area contributed by atoms with Crippen LogP contribution in [-0.4, -0.2) is 18.1 Å². The average molecular weight is 284 g/mol. The molecule has 0 amide bonds. The van der Waals surface area contributed by atoms with E-state index in [4.69, 9.17) is 0 Å². The fourth-order valence-electron chi connectivity index (χ4n) is 1.40. The zero-order valence-electron chi connectivity index (χ0n) is 9.94. The summed E-state index contributed by atoms with van der Waals surface area (Å²) < 4.78 is 30.8. The van der Waals surface area contributed by atoms with Gasteiger partial charge in [0.25, 0.3) is 0 Å². The van der Waals surface area contributed by atoms with Crippen molar-refractivity contribution < 1.29 is 18.3 Å². The summed E-state index contributed by atoms with van der Waals surface area (Å²) in [6.07, 6.45) is 0. The van der Waals surface area contributed by atoms with Crippen LogP contribution < -0.4 is 5.32 Å². The summed E-state index contributed by atoms with van der Waals surface area (Å²) in [5.74, 6) is -1.55. The van der Waals surface area contributed by atoms with E-state index in [0.29, 0.717) is 5.13 Å². The lowest BCUT2D eigenvalue weighted by Crippen LogP contribution is -2.04. The fourth-order valence-corrected chi connectivity index (χ4v) is 2.08. The molecule has 0 fully saturated rings. The molecule has 2 rings (SSSR count). The number of esters is 1. The van der Waals surface area contributed by atoms with E-state index in [1.54, 1.807) is 0 Å². The van der Waals surface area contributed by atoms with Crippen LogP contribution in [0.25, 0.3) is 0 Å². The molecule has 1 heterocycles. The molecule has 0 spiro atoms. The van der Waals surface area contributed by atoms with E-state index < -0.39 is 17.6 Å². The summed E-state index contributed by atoms with van der Waals surface area (Å²) in [7, 11) is 1.26. The van der Waals surface area contributed by atoms with Crippen molar-refractivity contribution in [2.45, 2.75) is 6.54 Å². The number of rotatable bonds is 4. The van der Waals surface area contributed by atoms with Crippen molar-refractivity contribution in [3.8, 4) is 0 Å². The first-order valence-corrected chi connectivity index (χ1v) is 6.19. The highest BCUT2D eigenvalue weighted by atomic mass is 32.1. The van der Waals surface area contributed by atoms with Crippen molar-refractivity contribution in [1.29, 1.82) is 0 Å². The lowest BCUT2D eigenvalue weighted by atomic mass is 10.2. The van der Waals surface area contributed by atoms with Gasteiger partial charge in [-0.15, -0.1) is 11.3 Å². The maximum atomic E-state index is 13.4. The second-order valence-electron chi connectivity index (χ2n) is 3.62. The highest BCUT2D eigenvalue weighted by Crippen LogP contribution is 2.18. The topological polar surface area (TPSA) is 51.2 Å². The van der Waals surface area contributed by atoms with Gasteiger partial charge in [0.15, 0.2) is 10.8 Å². The Morgan fingerprint density at radius 1 is 1.47 bits per heavy atom. The van der Waals surface area contributed by atoms with Gasteiger partial charge in [-0.05, 0) is 18.2 Å². The monoisotopic (exact) mass is 284 g/mol. The van der Waals surface area contributed by atoms with Crippen LogP contribution in [0.2, 0.25) is 0 Å². The van der Waals surface area contributed by atoms with Crippen LogP contribution in [0.15, 0.2) is 23.6 Å². The van der Waals surface area contributed by atoms with Crippen molar-refractivity contribution in [3.05, 3.63) is 46.5 Å². The number of carbonyl (C=O) groups is 1. The molecule has 0 unspecified atom stereocenters. The molecule has 0 saturated heterocycles. The van der Waals surface area contributed by atoms with Gasteiger partial charge in [0.1, 0.15) is 11.6 Å². The van der Waals surface area contributed by atoms with Gasteiger partial charge in [0.2, 0.25) is 0 Å². The first kappa shape index (κ1) is 13.4. The molecule has 1 aromatic heterocycles. The molecule has 0 bridgehead atoms. The molecule has 0 aliphatic carbocycles. The van der Waals surface area contributed by atoms with Gasteiger partial charge in [-0.1, -0.05) is 0 Å². The van der Waals surface area contributed by atoms with Gasteiger partial charge in [-0.25, -0.2) is 18.6 Å². The normalized spacial score (nSPS) is 10.3. The number of aromatic nitrogens is 1. The largest absolute Gasteiger partial charge is 0.464 e. The number of nitrogens with zero attached hydrogens (tertiary/aromatic N) is 1. The predicted octanol–water partition coefficient (Wildman–Crippen LogP) is 2.82. The molecule has 100 valence electrons. The lowest BCUT2D eigenvalue weighted by Gasteiger charge is -2.04. The number of nitrogens with one attached hydrogen (secondary N) is 1. The minimum absolute atomic E-state index is 0.0811. The van der Waals surface area contributed by atoms with Gasteiger partial charge in [0, 0.05) is 17.5 Å². The fraction of sp³-hybridized carbons (Fsp3) is 0.167. The molecule has 19 heavy (non-hydrogen) atoms. The predicted molar refractivity (Wildman–Crippen MR) is 67.1 cm³/mol. The number of thiazole rings is 1. The number of methoxy groups -OCH3 is 1. The van der Waals surface area contributed by atoms with Crippen LogP contribution in [0.4, 0.5) is 13.9 Å². The summed E-state index contributed by atoms with van der Waals surface area (Å²) in [5, 5.41) is 4.78. The third-order valence-corrected chi connectivity index (χ3v) is 3.14. The molecule has 7 heteroatoms. The van der Waals surface area contributed by atoms with Crippen molar-refractivity contribution >= 4 is 22.4 Å². The number of carbonyl (C=O) groups excluding carboxylic acids is 1. The van der Waals surface area contributed by atoms with Crippen LogP contribution in [0, 0.1) is 11.6 Å². The van der Waals surface area contributed by atoms with Gasteiger partial charge in [-0.3, -0.25) is 0 Å². The number of ether oxygens (including phenoxy) is 1. The molecule has 1 aromatic carbocycles. The first-order valence-electron chi connectivity index (χ1n) is 5.32. The highest BCUT2D eigenvalue weighted by Gasteiger charge is 2.11. The summed E-state index contributed by atoms with van der Waals surface area (Å²) in [4.78, 5) is 15.1. The zero-order valence-corrected chi connectivity index (χ0v) is 10.8. The first-order chi connectivity index (χ1) is 9.10. The highest BCUT2D eigenvalue weighted by molar-refractivity contribution is 7.13. The molecule has 0 radical (unpaired) electrons. The van der Waals surface area contributed by atoms with Crippen molar-refractivity contribution in [2.75, 3.05) is 12.4 Å². The quantitative estimate of drug-likeness (QED) is 0.877. The molecular formula is C12H10F2N2O2S. The number of anilines is 1. The van der Waals surface area contributed by atoms with Gasteiger partial charge >= 0.3 is 5.97 Å². The summed E-state index contributed by atoms with van der Waals surface area (Å²) in [6, 6.07) is 3.23. The molecule has 0 saturated carbocycles. The molecule has 0 aliphatic heterocycles. The minimum Gasteiger partial charge on any atom is -0.464 e. The molecular weight excluding hydrogens is 274 g/mol.